The van der Waals surface area contributed by atoms with Gasteiger partial charge in [0.2, 0.25) is 0 Å². The van der Waals surface area contributed by atoms with E-state index in [1.807, 2.05) is 0 Å². The molecule has 0 fully saturated rings. The molecule has 2 nitrogen and oxygen atoms in total. The highest BCUT2D eigenvalue weighted by Gasteiger charge is 2.10. The van der Waals surface area contributed by atoms with Gasteiger partial charge in [-0.25, -0.2) is 0 Å². The smallest absolute Gasteiger partial charge is 0.122 e. The van der Waals surface area contributed by atoms with Gasteiger partial charge in [0.1, 0.15) is 12.4 Å². The molecule has 128 valence electrons. The van der Waals surface area contributed by atoms with Gasteiger partial charge in [0, 0.05) is 11.3 Å². The molecule has 3 heteroatoms. The fraction of sp³-hybridized carbons (Fsp3) is 0.381. The van der Waals surface area contributed by atoms with Crippen LogP contribution in [0.3, 0.4) is 0 Å². The Hall–Kier alpha value is -1.87. The summed E-state index contributed by atoms with van der Waals surface area (Å²) in [5.41, 5.74) is 6.06. The monoisotopic (exact) mass is 341 g/mol. The number of aryl methyl sites for hydroxylation is 3. The van der Waals surface area contributed by atoms with Gasteiger partial charge in [-0.2, -0.15) is 0 Å². The Labute approximate surface area is 151 Å². The van der Waals surface area contributed by atoms with E-state index in [0.29, 0.717) is 6.61 Å². The van der Waals surface area contributed by atoms with Crippen LogP contribution in [0.1, 0.15) is 49.4 Å². The predicted octanol–water partition coefficient (Wildman–Crippen LogP) is 5.85. The summed E-state index contributed by atoms with van der Waals surface area (Å²) in [5, 5.41) is 3.36. The van der Waals surface area contributed by atoms with Crippen LogP contribution in [0.5, 0.6) is 5.75 Å². The summed E-state index contributed by atoms with van der Waals surface area (Å²) in [5.74, 6) is 0.946. The summed E-state index contributed by atoms with van der Waals surface area (Å²) in [6, 6.07) is 12.7. The van der Waals surface area contributed by atoms with E-state index < -0.39 is 0 Å². The number of benzene rings is 2. The van der Waals surface area contributed by atoms with E-state index in [-0.39, 0.29) is 0 Å². The van der Waals surface area contributed by atoms with Crippen LogP contribution in [0, 0.1) is 6.92 Å². The lowest BCUT2D eigenvalue weighted by Gasteiger charge is -2.17. The first-order chi connectivity index (χ1) is 11.6. The Morgan fingerprint density at radius 3 is 2.50 bits per heavy atom. The summed E-state index contributed by atoms with van der Waals surface area (Å²) < 4.78 is 6.14. The third-order valence-corrected chi connectivity index (χ3v) is 4.66. The van der Waals surface area contributed by atoms with Crippen molar-refractivity contribution in [1.82, 2.24) is 0 Å². The molecule has 0 saturated carbocycles. The molecule has 0 bridgehead atoms. The minimum absolute atomic E-state index is 0.547. The third kappa shape index (κ3) is 4.57. The van der Waals surface area contributed by atoms with Gasteiger partial charge in [0.25, 0.3) is 0 Å². The summed E-state index contributed by atoms with van der Waals surface area (Å²) in [4.78, 5) is 0.855. The number of nitrogens with one attached hydrogen (secondary N) is 1. The molecule has 2 aromatic carbocycles. The van der Waals surface area contributed by atoms with Gasteiger partial charge in [-0.05, 0) is 55.0 Å². The normalized spacial score (nSPS) is 10.5. The Balaban J connectivity index is 2.23. The second-order valence-corrected chi connectivity index (χ2v) is 6.43. The first kappa shape index (κ1) is 18.5. The van der Waals surface area contributed by atoms with Crippen LogP contribution >= 0.6 is 12.2 Å². The third-order valence-electron chi connectivity index (χ3n) is 4.27. The van der Waals surface area contributed by atoms with E-state index in [0.717, 1.165) is 35.7 Å². The van der Waals surface area contributed by atoms with Crippen molar-refractivity contribution in [1.29, 1.82) is 0 Å². The number of rotatable bonds is 7. The molecule has 0 aliphatic heterocycles. The topological polar surface area (TPSA) is 21.3 Å². The van der Waals surface area contributed by atoms with Crippen LogP contribution in [-0.2, 0) is 19.4 Å². The van der Waals surface area contributed by atoms with Crippen molar-refractivity contribution in [2.75, 3.05) is 5.32 Å². The van der Waals surface area contributed by atoms with Crippen LogP contribution < -0.4 is 10.1 Å². The highest BCUT2D eigenvalue weighted by atomic mass is 32.1. The Morgan fingerprint density at radius 2 is 1.88 bits per heavy atom. The van der Waals surface area contributed by atoms with E-state index in [1.54, 1.807) is 0 Å². The van der Waals surface area contributed by atoms with Gasteiger partial charge in [-0.1, -0.05) is 57.3 Å². The van der Waals surface area contributed by atoms with E-state index in [9.17, 15) is 0 Å². The van der Waals surface area contributed by atoms with E-state index >= 15 is 0 Å². The zero-order valence-electron chi connectivity index (χ0n) is 15.1. The molecule has 24 heavy (non-hydrogen) atoms. The molecule has 2 aromatic rings. The van der Waals surface area contributed by atoms with Crippen molar-refractivity contribution in [3.05, 3.63) is 58.7 Å². The highest BCUT2D eigenvalue weighted by molar-refractivity contribution is 7.80. The van der Waals surface area contributed by atoms with Gasteiger partial charge in [-0.15, -0.1) is 0 Å². The van der Waals surface area contributed by atoms with Crippen LogP contribution in [0.15, 0.2) is 36.4 Å². The zero-order chi connectivity index (χ0) is 17.5. The van der Waals surface area contributed by atoms with Crippen LogP contribution in [0.25, 0.3) is 0 Å². The molecule has 1 N–H and O–H groups in total. The van der Waals surface area contributed by atoms with E-state index in [4.69, 9.17) is 17.0 Å². The Bertz CT molecular complexity index is 709. The zero-order valence-corrected chi connectivity index (χ0v) is 15.9. The van der Waals surface area contributed by atoms with Crippen molar-refractivity contribution in [3.63, 3.8) is 0 Å². The molecule has 0 radical (unpaired) electrons. The lowest BCUT2D eigenvalue weighted by Crippen LogP contribution is -2.12. The average Bonchev–Trinajstić information content (AvgIpc) is 2.60. The number of anilines is 1. The molecule has 0 atom stereocenters. The van der Waals surface area contributed by atoms with Crippen LogP contribution in [0.2, 0.25) is 0 Å². The molecule has 0 aromatic heterocycles. The molecular weight excluding hydrogens is 314 g/mol. The lowest BCUT2D eigenvalue weighted by atomic mass is 10.0. The Morgan fingerprint density at radius 1 is 1.08 bits per heavy atom. The number of thiocarbonyl (C=S) groups is 1. The van der Waals surface area contributed by atoms with Gasteiger partial charge < -0.3 is 10.1 Å². The first-order valence-corrected chi connectivity index (χ1v) is 9.12. The number of hydrogen-bond acceptors (Lipinski definition) is 2. The van der Waals surface area contributed by atoms with Crippen LogP contribution in [-0.4, -0.2) is 4.99 Å². The largest absolute Gasteiger partial charge is 0.489 e. The van der Waals surface area contributed by atoms with Crippen molar-refractivity contribution in [2.24, 2.45) is 0 Å². The second kappa shape index (κ2) is 8.84. The van der Waals surface area contributed by atoms with E-state index in [1.165, 1.54) is 22.3 Å². The molecule has 2 rings (SSSR count). The molecule has 0 aliphatic carbocycles. The molecule has 0 spiro atoms. The van der Waals surface area contributed by atoms with Gasteiger partial charge in [-0.3, -0.25) is 0 Å². The maximum absolute atomic E-state index is 6.14. The summed E-state index contributed by atoms with van der Waals surface area (Å²) >= 11 is 5.35. The summed E-state index contributed by atoms with van der Waals surface area (Å²) in [6.45, 7) is 9.05. The van der Waals surface area contributed by atoms with Gasteiger partial charge in [0.05, 0.1) is 4.99 Å². The second-order valence-electron chi connectivity index (χ2n) is 5.94. The fourth-order valence-electron chi connectivity index (χ4n) is 2.74. The first-order valence-electron chi connectivity index (χ1n) is 8.71. The molecule has 0 heterocycles. The maximum Gasteiger partial charge on any atom is 0.122 e. The molecule has 0 saturated heterocycles. The van der Waals surface area contributed by atoms with Crippen molar-refractivity contribution < 1.29 is 4.74 Å². The SMILES string of the molecule is CCC(=S)Nc1cccc(CC)c1COc1ccc(CC)cc1C. The molecular formula is C21H27NOS. The minimum atomic E-state index is 0.547. The minimum Gasteiger partial charge on any atom is -0.489 e. The molecule has 0 amide bonds. The standard InChI is InChI=1S/C21H27NOS/c1-5-16-11-12-20(15(4)13-16)23-14-18-17(6-2)9-8-10-19(18)22-21(24)7-3/h8-13H,5-7,14H2,1-4H3,(H,22,24). The van der Waals surface area contributed by atoms with Gasteiger partial charge in [0.15, 0.2) is 0 Å². The maximum atomic E-state index is 6.14. The van der Waals surface area contributed by atoms with Crippen molar-refractivity contribution in [2.45, 2.75) is 53.6 Å². The highest BCUT2D eigenvalue weighted by Crippen LogP contribution is 2.25. The summed E-state index contributed by atoms with van der Waals surface area (Å²) in [6.07, 6.45) is 2.85. The molecule has 0 aliphatic rings. The quantitative estimate of drug-likeness (QED) is 0.638. The van der Waals surface area contributed by atoms with Crippen molar-refractivity contribution >= 4 is 22.9 Å². The van der Waals surface area contributed by atoms with Crippen molar-refractivity contribution in [3.8, 4) is 5.75 Å². The summed E-state index contributed by atoms with van der Waals surface area (Å²) in [7, 11) is 0. The van der Waals surface area contributed by atoms with Gasteiger partial charge >= 0.3 is 0 Å². The number of hydrogen-bond donors (Lipinski definition) is 1. The Kier molecular flexibility index (Phi) is 6.80. The van der Waals surface area contributed by atoms with E-state index in [2.05, 4.69) is 69.4 Å². The predicted molar refractivity (Wildman–Crippen MR) is 107 cm³/mol. The fourth-order valence-corrected chi connectivity index (χ4v) is 2.85. The lowest BCUT2D eigenvalue weighted by molar-refractivity contribution is 0.303. The number of ether oxygens (including phenoxy) is 1. The molecule has 0 unspecified atom stereocenters. The average molecular weight is 342 g/mol. The van der Waals surface area contributed by atoms with Crippen LogP contribution in [0.4, 0.5) is 5.69 Å².